The van der Waals surface area contributed by atoms with Crippen LogP contribution in [0.2, 0.25) is 0 Å². The number of hydrogen-bond donors (Lipinski definition) is 1. The van der Waals surface area contributed by atoms with Gasteiger partial charge in [0.2, 0.25) is 14.8 Å². The summed E-state index contributed by atoms with van der Waals surface area (Å²) in [5.41, 5.74) is 0.823. The molecule has 178 valence electrons. The van der Waals surface area contributed by atoms with Crippen molar-refractivity contribution in [1.82, 2.24) is 4.31 Å². The first-order chi connectivity index (χ1) is 15.4. The second-order valence-corrected chi connectivity index (χ2v) is 10.8. The van der Waals surface area contributed by atoms with Crippen molar-refractivity contribution in [3.8, 4) is 0 Å². The van der Waals surface area contributed by atoms with Gasteiger partial charge < -0.3 is 10.0 Å². The number of carboxylic acid groups (broad SMARTS) is 1. The summed E-state index contributed by atoms with van der Waals surface area (Å²) in [6.07, 6.45) is -4.12. The first kappa shape index (κ1) is 23.6. The van der Waals surface area contributed by atoms with E-state index in [2.05, 4.69) is 0 Å². The van der Waals surface area contributed by atoms with Crippen molar-refractivity contribution in [1.29, 1.82) is 0 Å². The summed E-state index contributed by atoms with van der Waals surface area (Å²) >= 11 is 0. The summed E-state index contributed by atoms with van der Waals surface area (Å²) in [7, 11) is -4.31. The lowest BCUT2D eigenvalue weighted by Crippen LogP contribution is -2.63. The fraction of sp³-hybridized carbons (Fsp3) is 0.435. The van der Waals surface area contributed by atoms with Crippen LogP contribution in [0.15, 0.2) is 48.5 Å². The third-order valence-electron chi connectivity index (χ3n) is 6.66. The van der Waals surface area contributed by atoms with E-state index in [0.29, 0.717) is 23.2 Å². The normalized spacial score (nSPS) is 26.3. The summed E-state index contributed by atoms with van der Waals surface area (Å²) in [6.45, 7) is 3.85. The molecular weight excluding hydrogens is 457 g/mol. The minimum atomic E-state index is -4.44. The highest BCUT2D eigenvalue weighted by atomic mass is 32.2. The highest BCUT2D eigenvalue weighted by Crippen LogP contribution is 2.46. The topological polar surface area (TPSA) is 77.9 Å². The Bertz CT molecular complexity index is 1150. The van der Waals surface area contributed by atoms with Crippen molar-refractivity contribution in [2.75, 3.05) is 18.0 Å². The Morgan fingerprint density at radius 3 is 2.15 bits per heavy atom. The van der Waals surface area contributed by atoms with Gasteiger partial charge in [-0.2, -0.15) is 17.5 Å². The number of piperazine rings is 1. The van der Waals surface area contributed by atoms with Gasteiger partial charge in [0, 0.05) is 30.9 Å². The number of alkyl halides is 3. The molecule has 0 radical (unpaired) electrons. The molecule has 2 aliphatic rings. The molecule has 1 N–H and O–H groups in total. The lowest BCUT2D eigenvalue weighted by Gasteiger charge is -2.46. The molecule has 0 spiro atoms. The number of aliphatic carboxylic acids is 1. The largest absolute Gasteiger partial charge is 0.480 e. The summed E-state index contributed by atoms with van der Waals surface area (Å²) < 4.78 is 65.8. The van der Waals surface area contributed by atoms with Crippen molar-refractivity contribution in [3.05, 3.63) is 65.2 Å². The zero-order valence-electron chi connectivity index (χ0n) is 18.2. The van der Waals surface area contributed by atoms with Gasteiger partial charge in [-0.25, -0.2) is 8.42 Å². The van der Waals surface area contributed by atoms with Crippen LogP contribution in [0, 0.1) is 0 Å². The van der Waals surface area contributed by atoms with E-state index in [-0.39, 0.29) is 19.5 Å². The van der Waals surface area contributed by atoms with Crippen LogP contribution < -0.4 is 4.90 Å². The van der Waals surface area contributed by atoms with Crippen molar-refractivity contribution in [2.24, 2.45) is 0 Å². The van der Waals surface area contributed by atoms with Gasteiger partial charge in [-0.05, 0) is 62.1 Å². The Kier molecular flexibility index (Phi) is 5.73. The van der Waals surface area contributed by atoms with E-state index >= 15 is 0 Å². The molecule has 0 aromatic heterocycles. The van der Waals surface area contributed by atoms with Crippen LogP contribution in [0.1, 0.15) is 37.0 Å². The first-order valence-corrected chi connectivity index (χ1v) is 12.1. The maximum atomic E-state index is 13.9. The molecular formula is C23H25F3N2O4S. The minimum absolute atomic E-state index is 0.0391. The van der Waals surface area contributed by atoms with Crippen molar-refractivity contribution in [3.63, 3.8) is 0 Å². The number of carbonyl (C=O) groups is 1. The van der Waals surface area contributed by atoms with Crippen LogP contribution in [-0.4, -0.2) is 49.0 Å². The standard InChI is InChI=1S/C23H25F3N2O4S/c1-15-13-27(19-9-7-18(8-10-19)23(24,25)26)14-16(2)28(15)33(31,32)22(21(29)30)12-11-17-5-3-4-6-20(17)22/h3-10,15-16H,11-14H2,1-2H3,(H,29,30)/t15-,16+,22?. The molecule has 4 rings (SSSR count). The Labute approximate surface area is 190 Å². The van der Waals surface area contributed by atoms with Gasteiger partial charge in [0.15, 0.2) is 0 Å². The zero-order valence-corrected chi connectivity index (χ0v) is 19.0. The van der Waals surface area contributed by atoms with E-state index in [4.69, 9.17) is 0 Å². The second-order valence-electron chi connectivity index (χ2n) is 8.77. The number of nitrogens with zero attached hydrogens (tertiary/aromatic N) is 2. The van der Waals surface area contributed by atoms with Gasteiger partial charge in [0.1, 0.15) is 0 Å². The number of fused-ring (bicyclic) bond motifs is 1. The molecule has 10 heteroatoms. The fourth-order valence-electron chi connectivity index (χ4n) is 5.21. The summed E-state index contributed by atoms with van der Waals surface area (Å²) in [6, 6.07) is 10.3. The van der Waals surface area contributed by atoms with Gasteiger partial charge in [0.05, 0.1) is 5.56 Å². The summed E-state index contributed by atoms with van der Waals surface area (Å²) in [4.78, 5) is 14.3. The number of carboxylic acids is 1. The van der Waals surface area contributed by atoms with Crippen molar-refractivity contribution >= 4 is 21.7 Å². The quantitative estimate of drug-likeness (QED) is 0.716. The fourth-order valence-corrected chi connectivity index (χ4v) is 7.71. The molecule has 1 aliphatic carbocycles. The predicted molar refractivity (Wildman–Crippen MR) is 117 cm³/mol. The van der Waals surface area contributed by atoms with Crippen molar-refractivity contribution in [2.45, 2.75) is 49.7 Å². The van der Waals surface area contributed by atoms with Crippen LogP contribution in [-0.2, 0) is 32.2 Å². The molecule has 3 atom stereocenters. The van der Waals surface area contributed by atoms with E-state index in [1.54, 1.807) is 38.1 Å². The minimum Gasteiger partial charge on any atom is -0.480 e. The van der Waals surface area contributed by atoms with E-state index in [1.807, 2.05) is 4.90 Å². The van der Waals surface area contributed by atoms with Crippen LogP contribution in [0.3, 0.4) is 0 Å². The lowest BCUT2D eigenvalue weighted by molar-refractivity contribution is -0.140. The summed E-state index contributed by atoms with van der Waals surface area (Å²) in [5, 5.41) is 10.2. The number of aryl methyl sites for hydroxylation is 1. The number of sulfonamides is 1. The van der Waals surface area contributed by atoms with Crippen LogP contribution in [0.4, 0.5) is 18.9 Å². The van der Waals surface area contributed by atoms with Gasteiger partial charge in [-0.15, -0.1) is 0 Å². The Hall–Kier alpha value is -2.59. The van der Waals surface area contributed by atoms with Crippen LogP contribution in [0.5, 0.6) is 0 Å². The number of halogens is 3. The van der Waals surface area contributed by atoms with Crippen LogP contribution in [0.25, 0.3) is 0 Å². The SMILES string of the molecule is C[C@@H]1CN(c2ccc(C(F)(F)F)cc2)C[C@H](C)N1S(=O)(=O)C1(C(=O)O)CCc2ccccc21. The Morgan fingerprint density at radius 2 is 1.61 bits per heavy atom. The third-order valence-corrected chi connectivity index (χ3v) is 9.41. The first-order valence-electron chi connectivity index (χ1n) is 10.7. The third kappa shape index (κ3) is 3.69. The molecule has 1 heterocycles. The van der Waals surface area contributed by atoms with Gasteiger partial charge in [-0.1, -0.05) is 24.3 Å². The van der Waals surface area contributed by atoms with E-state index in [9.17, 15) is 31.5 Å². The molecule has 2 aromatic rings. The highest BCUT2D eigenvalue weighted by Gasteiger charge is 2.60. The molecule has 0 amide bonds. The maximum Gasteiger partial charge on any atom is 0.416 e. The van der Waals surface area contributed by atoms with Gasteiger partial charge in [-0.3, -0.25) is 4.79 Å². The van der Waals surface area contributed by atoms with E-state index in [1.165, 1.54) is 16.4 Å². The molecule has 33 heavy (non-hydrogen) atoms. The number of rotatable bonds is 4. The van der Waals surface area contributed by atoms with Gasteiger partial charge >= 0.3 is 12.1 Å². The maximum absolute atomic E-state index is 13.9. The molecule has 0 saturated carbocycles. The van der Waals surface area contributed by atoms with E-state index in [0.717, 1.165) is 12.1 Å². The molecule has 2 aromatic carbocycles. The number of anilines is 1. The summed E-state index contributed by atoms with van der Waals surface area (Å²) in [5.74, 6) is -1.39. The molecule has 1 saturated heterocycles. The van der Waals surface area contributed by atoms with E-state index < -0.39 is 44.6 Å². The van der Waals surface area contributed by atoms with Crippen molar-refractivity contribution < 1.29 is 31.5 Å². The average Bonchev–Trinajstić information content (AvgIpc) is 3.14. The highest BCUT2D eigenvalue weighted by molar-refractivity contribution is 7.91. The zero-order chi connectivity index (χ0) is 24.2. The predicted octanol–water partition coefficient (Wildman–Crippen LogP) is 3.86. The Balaban J connectivity index is 1.65. The average molecular weight is 483 g/mol. The smallest absolute Gasteiger partial charge is 0.416 e. The molecule has 1 unspecified atom stereocenters. The molecule has 6 nitrogen and oxygen atoms in total. The molecule has 1 fully saturated rings. The second kappa shape index (κ2) is 8.02. The lowest BCUT2D eigenvalue weighted by atomic mass is 10.0. The number of benzene rings is 2. The van der Waals surface area contributed by atoms with Gasteiger partial charge in [0.25, 0.3) is 0 Å². The molecule has 1 aliphatic heterocycles. The Morgan fingerprint density at radius 1 is 1.03 bits per heavy atom. The monoisotopic (exact) mass is 482 g/mol. The van der Waals surface area contributed by atoms with Crippen LogP contribution >= 0.6 is 0 Å². The number of hydrogen-bond acceptors (Lipinski definition) is 4. The molecule has 0 bridgehead atoms.